The average Bonchev–Trinajstić information content (AvgIpc) is 3.26. The maximum absolute atomic E-state index is 10.3. The fraction of sp³-hybridized carbons (Fsp3) is 0.368. The van der Waals surface area contributed by atoms with Crippen LogP contribution < -0.4 is 44.1 Å². The van der Waals surface area contributed by atoms with E-state index in [-0.39, 0.29) is 42.1 Å². The molecule has 0 unspecified atom stereocenters. The predicted octanol–water partition coefficient (Wildman–Crippen LogP) is -1.02. The SMILES string of the molecule is Cc1oc(-c2ccc3c(c2)OCO3)nc1CCOC/C=C/CSCC(=O)[O-].[Na+]. The van der Waals surface area contributed by atoms with Gasteiger partial charge in [-0.2, -0.15) is 11.8 Å². The van der Waals surface area contributed by atoms with Gasteiger partial charge in [-0.05, 0) is 25.1 Å². The van der Waals surface area contributed by atoms with E-state index in [2.05, 4.69) is 4.98 Å². The third-order valence-corrected chi connectivity index (χ3v) is 4.68. The molecule has 0 spiro atoms. The Morgan fingerprint density at radius 3 is 2.96 bits per heavy atom. The number of fused-ring (bicyclic) bond motifs is 1. The molecule has 7 nitrogen and oxygen atoms in total. The summed E-state index contributed by atoms with van der Waals surface area (Å²) < 4.78 is 22.0. The molecule has 1 aromatic heterocycles. The number of carbonyl (C=O) groups excluding carboxylic acids is 1. The van der Waals surface area contributed by atoms with Crippen LogP contribution in [0, 0.1) is 6.92 Å². The van der Waals surface area contributed by atoms with Crippen molar-refractivity contribution in [3.8, 4) is 23.0 Å². The van der Waals surface area contributed by atoms with Gasteiger partial charge in [0.15, 0.2) is 11.5 Å². The van der Waals surface area contributed by atoms with Crippen molar-refractivity contribution in [2.45, 2.75) is 13.3 Å². The number of aryl methyl sites for hydroxylation is 1. The van der Waals surface area contributed by atoms with Gasteiger partial charge in [-0.3, -0.25) is 0 Å². The largest absolute Gasteiger partial charge is 1.00 e. The maximum Gasteiger partial charge on any atom is 1.00 e. The number of hydrogen-bond donors (Lipinski definition) is 0. The van der Waals surface area contributed by atoms with Crippen molar-refractivity contribution in [1.82, 2.24) is 4.98 Å². The van der Waals surface area contributed by atoms with Crippen LogP contribution in [0.2, 0.25) is 0 Å². The molecule has 144 valence electrons. The number of ether oxygens (including phenoxy) is 3. The van der Waals surface area contributed by atoms with Crippen LogP contribution in [0.15, 0.2) is 34.8 Å². The minimum absolute atomic E-state index is 0. The normalized spacial score (nSPS) is 12.3. The van der Waals surface area contributed by atoms with E-state index < -0.39 is 5.97 Å². The van der Waals surface area contributed by atoms with Crippen LogP contribution in [0.5, 0.6) is 11.5 Å². The molecule has 0 aliphatic carbocycles. The van der Waals surface area contributed by atoms with Gasteiger partial charge in [0.1, 0.15) is 5.76 Å². The van der Waals surface area contributed by atoms with Crippen LogP contribution in [0.25, 0.3) is 11.5 Å². The summed E-state index contributed by atoms with van der Waals surface area (Å²) in [5.74, 6) is 2.31. The van der Waals surface area contributed by atoms with Gasteiger partial charge in [0.2, 0.25) is 12.7 Å². The number of oxazole rings is 1. The van der Waals surface area contributed by atoms with Crippen LogP contribution >= 0.6 is 11.8 Å². The number of carboxylic acid groups (broad SMARTS) is 1. The van der Waals surface area contributed by atoms with Crippen molar-refractivity contribution in [3.63, 3.8) is 0 Å². The molecule has 3 rings (SSSR count). The third kappa shape index (κ3) is 6.56. The Morgan fingerprint density at radius 2 is 2.14 bits per heavy atom. The number of aliphatic carboxylic acids is 1. The Balaban J connectivity index is 0.00000280. The van der Waals surface area contributed by atoms with Crippen molar-refractivity contribution in [1.29, 1.82) is 0 Å². The summed E-state index contributed by atoms with van der Waals surface area (Å²) in [6, 6.07) is 5.59. The van der Waals surface area contributed by atoms with E-state index >= 15 is 0 Å². The number of thioether (sulfide) groups is 1. The second-order valence-corrected chi connectivity index (χ2v) is 6.80. The number of aromatic nitrogens is 1. The van der Waals surface area contributed by atoms with Crippen molar-refractivity contribution < 1.29 is 58.1 Å². The van der Waals surface area contributed by atoms with Gasteiger partial charge in [-0.1, -0.05) is 12.2 Å². The van der Waals surface area contributed by atoms with Crippen molar-refractivity contribution in [2.24, 2.45) is 0 Å². The standard InChI is InChI=1S/C19H21NO6S.Na/c1-13-15(6-8-23-7-2-3-9-27-11-18(21)22)20-19(26-13)14-4-5-16-17(10-14)25-12-24-16;/h2-5,10H,6-9,11-12H2,1H3,(H,21,22);/q;+1/p-1/b3-2+;. The second-order valence-electron chi connectivity index (χ2n) is 5.77. The van der Waals surface area contributed by atoms with Gasteiger partial charge in [0, 0.05) is 23.5 Å². The van der Waals surface area contributed by atoms with Crippen molar-refractivity contribution >= 4 is 17.7 Å². The van der Waals surface area contributed by atoms with E-state index in [4.69, 9.17) is 18.6 Å². The van der Waals surface area contributed by atoms with Crippen LogP contribution in [-0.2, 0) is 16.0 Å². The summed E-state index contributed by atoms with van der Waals surface area (Å²) in [6.45, 7) is 3.10. The summed E-state index contributed by atoms with van der Waals surface area (Å²) in [5.41, 5.74) is 1.70. The Kier molecular flexibility index (Phi) is 9.40. The Labute approximate surface area is 189 Å². The number of rotatable bonds is 10. The molecule has 2 heterocycles. The topological polar surface area (TPSA) is 93.8 Å². The molecule has 0 saturated heterocycles. The summed E-state index contributed by atoms with van der Waals surface area (Å²) in [6.07, 6.45) is 4.40. The fourth-order valence-electron chi connectivity index (χ4n) is 2.48. The Bertz CT molecular complexity index is 823. The van der Waals surface area contributed by atoms with E-state index in [1.807, 2.05) is 37.3 Å². The maximum atomic E-state index is 10.3. The first-order valence-corrected chi connectivity index (χ1v) is 9.65. The second kappa shape index (κ2) is 11.5. The summed E-state index contributed by atoms with van der Waals surface area (Å²) in [4.78, 5) is 14.8. The molecule has 0 N–H and O–H groups in total. The van der Waals surface area contributed by atoms with Crippen LogP contribution in [0.1, 0.15) is 11.5 Å². The predicted molar refractivity (Wildman–Crippen MR) is 98.8 cm³/mol. The van der Waals surface area contributed by atoms with Crippen LogP contribution in [-0.4, -0.2) is 42.5 Å². The smallest absolute Gasteiger partial charge is 0.549 e. The first kappa shape index (κ1) is 22.8. The zero-order valence-corrected chi connectivity index (χ0v) is 18.8. The zero-order chi connectivity index (χ0) is 19.1. The zero-order valence-electron chi connectivity index (χ0n) is 15.9. The molecule has 1 aliphatic heterocycles. The van der Waals surface area contributed by atoms with E-state index in [1.54, 1.807) is 0 Å². The van der Waals surface area contributed by atoms with E-state index in [1.165, 1.54) is 11.8 Å². The molecule has 1 aromatic carbocycles. The molecule has 0 bridgehead atoms. The minimum atomic E-state index is -1.05. The quantitative estimate of drug-likeness (QED) is 0.278. The molecule has 0 saturated carbocycles. The fourth-order valence-corrected chi connectivity index (χ4v) is 3.04. The minimum Gasteiger partial charge on any atom is -0.549 e. The van der Waals surface area contributed by atoms with Gasteiger partial charge < -0.3 is 28.5 Å². The van der Waals surface area contributed by atoms with Gasteiger partial charge in [0.05, 0.1) is 24.9 Å². The molecular formula is C19H20NNaO6S. The van der Waals surface area contributed by atoms with Gasteiger partial charge in [-0.15, -0.1) is 0 Å². The first-order chi connectivity index (χ1) is 13.1. The Morgan fingerprint density at radius 1 is 1.32 bits per heavy atom. The Hall–Kier alpha value is -1.45. The molecule has 0 radical (unpaired) electrons. The monoisotopic (exact) mass is 413 g/mol. The van der Waals surface area contributed by atoms with E-state index in [9.17, 15) is 9.90 Å². The number of nitrogens with zero attached hydrogens (tertiary/aromatic N) is 1. The van der Waals surface area contributed by atoms with Gasteiger partial charge in [-0.25, -0.2) is 4.98 Å². The number of benzene rings is 1. The summed E-state index contributed by atoms with van der Waals surface area (Å²) in [5, 5.41) is 10.3. The van der Waals surface area contributed by atoms with E-state index in [0.717, 1.165) is 22.8 Å². The first-order valence-electron chi connectivity index (χ1n) is 8.50. The molecule has 0 amide bonds. The summed E-state index contributed by atoms with van der Waals surface area (Å²) >= 11 is 1.29. The van der Waals surface area contributed by atoms with Gasteiger partial charge in [0.25, 0.3) is 0 Å². The molecule has 28 heavy (non-hydrogen) atoms. The van der Waals surface area contributed by atoms with Crippen LogP contribution in [0.3, 0.4) is 0 Å². The van der Waals surface area contributed by atoms with Crippen molar-refractivity contribution in [3.05, 3.63) is 41.8 Å². The molecule has 1 aliphatic rings. The van der Waals surface area contributed by atoms with Crippen molar-refractivity contribution in [2.75, 3.05) is 31.5 Å². The summed E-state index contributed by atoms with van der Waals surface area (Å²) in [7, 11) is 0. The van der Waals surface area contributed by atoms with Crippen LogP contribution in [0.4, 0.5) is 0 Å². The van der Waals surface area contributed by atoms with E-state index in [0.29, 0.717) is 37.0 Å². The average molecular weight is 413 g/mol. The molecule has 0 atom stereocenters. The molecule has 9 heteroatoms. The number of hydrogen-bond acceptors (Lipinski definition) is 8. The number of carboxylic acids is 1. The van der Waals surface area contributed by atoms with Gasteiger partial charge >= 0.3 is 29.6 Å². The molecular weight excluding hydrogens is 393 g/mol. The number of carbonyl (C=O) groups is 1. The molecule has 2 aromatic rings. The third-order valence-electron chi connectivity index (χ3n) is 3.81. The molecule has 0 fully saturated rings.